The zero-order chi connectivity index (χ0) is 15.1. The average Bonchev–Trinajstić information content (AvgIpc) is 2.35. The number of aliphatic carboxylic acids is 1. The second kappa shape index (κ2) is 8.21. The zero-order valence-electron chi connectivity index (χ0n) is 10.5. The normalized spacial score (nSPS) is 10.3. The van der Waals surface area contributed by atoms with Gasteiger partial charge >= 0.3 is 5.97 Å². The van der Waals surface area contributed by atoms with Crippen molar-refractivity contribution in [2.45, 2.75) is 25.7 Å². The van der Waals surface area contributed by atoms with E-state index >= 15 is 0 Å². The first-order chi connectivity index (χ1) is 9.41. The van der Waals surface area contributed by atoms with Gasteiger partial charge in [0, 0.05) is 18.6 Å². The third-order valence-corrected chi connectivity index (χ3v) is 3.65. The maximum absolute atomic E-state index is 10.7. The molecule has 1 aromatic rings. The number of carboxylic acid groups (broad SMARTS) is 1. The van der Waals surface area contributed by atoms with Gasteiger partial charge in [0.2, 0.25) is 0 Å². The lowest BCUT2D eigenvalue weighted by molar-refractivity contribution is -0.385. The van der Waals surface area contributed by atoms with Crippen molar-refractivity contribution < 1.29 is 19.6 Å². The molecule has 0 bridgehead atoms. The lowest BCUT2D eigenvalue weighted by Gasteiger charge is -2.10. The van der Waals surface area contributed by atoms with Crippen LogP contribution in [0.15, 0.2) is 21.1 Å². The van der Waals surface area contributed by atoms with Crippen LogP contribution in [0.25, 0.3) is 0 Å². The predicted octanol–water partition coefficient (Wildman–Crippen LogP) is 4.14. The Morgan fingerprint density at radius 2 is 1.85 bits per heavy atom. The van der Waals surface area contributed by atoms with Crippen LogP contribution in [0.1, 0.15) is 25.7 Å². The van der Waals surface area contributed by atoms with Crippen LogP contribution in [-0.2, 0) is 4.79 Å². The molecular formula is C12H13Br2NO5. The van der Waals surface area contributed by atoms with Crippen molar-refractivity contribution in [3.05, 3.63) is 31.2 Å². The monoisotopic (exact) mass is 409 g/mol. The number of carboxylic acids is 1. The molecule has 0 aliphatic rings. The highest BCUT2D eigenvalue weighted by Crippen LogP contribution is 2.37. The van der Waals surface area contributed by atoms with Crippen molar-refractivity contribution in [1.82, 2.24) is 0 Å². The second-order valence-electron chi connectivity index (χ2n) is 4.05. The summed E-state index contributed by atoms with van der Waals surface area (Å²) in [6, 6.07) is 2.76. The minimum Gasteiger partial charge on any atom is -0.491 e. The highest BCUT2D eigenvalue weighted by Gasteiger charge is 2.14. The summed E-state index contributed by atoms with van der Waals surface area (Å²) in [5.41, 5.74) is -0.0300. The van der Waals surface area contributed by atoms with Gasteiger partial charge in [-0.3, -0.25) is 14.9 Å². The number of unbranched alkanes of at least 4 members (excludes halogenated alkanes) is 2. The van der Waals surface area contributed by atoms with Gasteiger partial charge in [0.15, 0.2) is 0 Å². The molecule has 0 saturated heterocycles. The van der Waals surface area contributed by atoms with Gasteiger partial charge in [-0.1, -0.05) is 0 Å². The smallest absolute Gasteiger partial charge is 0.303 e. The molecule has 1 aromatic carbocycles. The first-order valence-electron chi connectivity index (χ1n) is 5.90. The molecule has 0 aliphatic carbocycles. The van der Waals surface area contributed by atoms with E-state index in [2.05, 4.69) is 31.9 Å². The van der Waals surface area contributed by atoms with Crippen LogP contribution < -0.4 is 4.74 Å². The van der Waals surface area contributed by atoms with Crippen LogP contribution >= 0.6 is 31.9 Å². The number of benzene rings is 1. The molecule has 0 spiro atoms. The summed E-state index contributed by atoms with van der Waals surface area (Å²) in [4.78, 5) is 20.5. The topological polar surface area (TPSA) is 89.7 Å². The summed E-state index contributed by atoms with van der Waals surface area (Å²) in [5.74, 6) is -0.291. The summed E-state index contributed by atoms with van der Waals surface area (Å²) < 4.78 is 6.55. The number of rotatable bonds is 8. The Hall–Kier alpha value is -1.15. The number of nitro groups is 1. The van der Waals surface area contributed by atoms with Gasteiger partial charge in [0.1, 0.15) is 5.75 Å². The molecule has 0 aliphatic heterocycles. The number of non-ortho nitro benzene ring substituents is 1. The van der Waals surface area contributed by atoms with E-state index in [0.717, 1.165) is 12.8 Å². The van der Waals surface area contributed by atoms with Crippen molar-refractivity contribution in [2.24, 2.45) is 0 Å². The first-order valence-corrected chi connectivity index (χ1v) is 7.48. The largest absolute Gasteiger partial charge is 0.491 e. The second-order valence-corrected chi connectivity index (χ2v) is 5.76. The molecule has 0 saturated carbocycles. The van der Waals surface area contributed by atoms with E-state index in [1.165, 1.54) is 12.1 Å². The van der Waals surface area contributed by atoms with Gasteiger partial charge in [-0.15, -0.1) is 0 Å². The summed E-state index contributed by atoms with van der Waals surface area (Å²) >= 11 is 6.46. The highest BCUT2D eigenvalue weighted by atomic mass is 79.9. The molecule has 0 heterocycles. The van der Waals surface area contributed by atoms with E-state index in [0.29, 0.717) is 27.7 Å². The molecular weight excluding hydrogens is 398 g/mol. The molecule has 0 fully saturated rings. The van der Waals surface area contributed by atoms with Gasteiger partial charge in [-0.2, -0.15) is 0 Å². The van der Waals surface area contributed by atoms with Crippen LogP contribution in [0.2, 0.25) is 0 Å². The minimum absolute atomic E-state index is 0.0300. The molecule has 0 atom stereocenters. The van der Waals surface area contributed by atoms with E-state index < -0.39 is 10.9 Å². The lowest BCUT2D eigenvalue weighted by Crippen LogP contribution is -2.00. The Morgan fingerprint density at radius 1 is 1.25 bits per heavy atom. The molecule has 0 amide bonds. The van der Waals surface area contributed by atoms with E-state index in [1.54, 1.807) is 0 Å². The van der Waals surface area contributed by atoms with Gasteiger partial charge < -0.3 is 9.84 Å². The molecule has 20 heavy (non-hydrogen) atoms. The fraction of sp³-hybridized carbons (Fsp3) is 0.417. The van der Waals surface area contributed by atoms with Crippen molar-refractivity contribution in [3.63, 3.8) is 0 Å². The minimum atomic E-state index is -0.799. The van der Waals surface area contributed by atoms with E-state index in [-0.39, 0.29) is 12.1 Å². The van der Waals surface area contributed by atoms with E-state index in [4.69, 9.17) is 9.84 Å². The maximum atomic E-state index is 10.7. The van der Waals surface area contributed by atoms with Crippen molar-refractivity contribution >= 4 is 43.5 Å². The molecule has 0 aromatic heterocycles. The molecule has 6 nitrogen and oxygen atoms in total. The number of halogens is 2. The number of nitrogens with zero attached hydrogens (tertiary/aromatic N) is 1. The molecule has 1 N–H and O–H groups in total. The lowest BCUT2D eigenvalue weighted by atomic mass is 10.2. The van der Waals surface area contributed by atoms with Crippen LogP contribution in [0.5, 0.6) is 5.75 Å². The van der Waals surface area contributed by atoms with Crippen LogP contribution in [0.3, 0.4) is 0 Å². The van der Waals surface area contributed by atoms with Gasteiger partial charge in [-0.25, -0.2) is 0 Å². The highest BCUT2D eigenvalue weighted by molar-refractivity contribution is 9.11. The van der Waals surface area contributed by atoms with Crippen LogP contribution in [0, 0.1) is 10.1 Å². The fourth-order valence-electron chi connectivity index (χ4n) is 1.52. The zero-order valence-corrected chi connectivity index (χ0v) is 13.6. The third-order valence-electron chi connectivity index (χ3n) is 2.48. The molecule has 1 rings (SSSR count). The average molecular weight is 411 g/mol. The summed E-state index contributed by atoms with van der Waals surface area (Å²) in [5, 5.41) is 19.2. The Labute approximate surface area is 132 Å². The quantitative estimate of drug-likeness (QED) is 0.395. The SMILES string of the molecule is O=C(O)CCCCCOc1c(Br)cc([N+](=O)[O-])cc1Br. The number of hydrogen-bond donors (Lipinski definition) is 1. The number of ether oxygens (including phenoxy) is 1. The first kappa shape index (κ1) is 16.9. The molecule has 0 radical (unpaired) electrons. The Bertz CT molecular complexity index is 484. The Kier molecular flexibility index (Phi) is 6.94. The maximum Gasteiger partial charge on any atom is 0.303 e. The predicted molar refractivity (Wildman–Crippen MR) is 80.1 cm³/mol. The Balaban J connectivity index is 2.48. The van der Waals surface area contributed by atoms with Crippen molar-refractivity contribution in [2.75, 3.05) is 6.61 Å². The Morgan fingerprint density at radius 3 is 2.35 bits per heavy atom. The summed E-state index contributed by atoms with van der Waals surface area (Å²) in [6.07, 6.45) is 2.25. The standard InChI is InChI=1S/C12H13Br2NO5/c13-9-6-8(15(18)19)7-10(14)12(9)20-5-3-1-2-4-11(16)17/h6-7H,1-5H2,(H,16,17). The number of carbonyl (C=O) groups is 1. The fourth-order valence-corrected chi connectivity index (χ4v) is 2.91. The van der Waals surface area contributed by atoms with Gasteiger partial charge in [0.25, 0.3) is 5.69 Å². The van der Waals surface area contributed by atoms with E-state index in [9.17, 15) is 14.9 Å². The van der Waals surface area contributed by atoms with Crippen LogP contribution in [-0.4, -0.2) is 22.6 Å². The van der Waals surface area contributed by atoms with Crippen LogP contribution in [0.4, 0.5) is 5.69 Å². The number of hydrogen-bond acceptors (Lipinski definition) is 4. The van der Waals surface area contributed by atoms with E-state index in [1.807, 2.05) is 0 Å². The number of nitro benzene ring substituents is 1. The van der Waals surface area contributed by atoms with Gasteiger partial charge in [-0.05, 0) is 51.1 Å². The van der Waals surface area contributed by atoms with Crippen molar-refractivity contribution in [1.29, 1.82) is 0 Å². The molecule has 0 unspecified atom stereocenters. The molecule has 110 valence electrons. The third kappa shape index (κ3) is 5.46. The summed E-state index contributed by atoms with van der Waals surface area (Å²) in [6.45, 7) is 0.425. The summed E-state index contributed by atoms with van der Waals surface area (Å²) in [7, 11) is 0. The van der Waals surface area contributed by atoms with Crippen molar-refractivity contribution in [3.8, 4) is 5.75 Å². The van der Waals surface area contributed by atoms with Gasteiger partial charge in [0.05, 0.1) is 20.5 Å². The molecule has 8 heteroatoms.